The van der Waals surface area contributed by atoms with E-state index in [1.54, 1.807) is 6.07 Å². The van der Waals surface area contributed by atoms with Gasteiger partial charge in [-0.15, -0.1) is 11.8 Å². The monoisotopic (exact) mass is 432 g/mol. The van der Waals surface area contributed by atoms with Crippen LogP contribution in [0.4, 0.5) is 11.4 Å². The molecule has 0 saturated heterocycles. The van der Waals surface area contributed by atoms with Gasteiger partial charge in [0.15, 0.2) is 0 Å². The van der Waals surface area contributed by atoms with Gasteiger partial charge in [-0.05, 0) is 68.7 Å². The summed E-state index contributed by atoms with van der Waals surface area (Å²) < 4.78 is 0. The fraction of sp³-hybridized carbons (Fsp3) is 0.231. The molecule has 2 amide bonds. The van der Waals surface area contributed by atoms with Gasteiger partial charge < -0.3 is 10.6 Å². The molecule has 0 aliphatic carbocycles. The minimum absolute atomic E-state index is 0.0147. The number of carbonyl (C=O) groups excluding carboxylic acids is 2. The van der Waals surface area contributed by atoms with E-state index in [0.29, 0.717) is 17.7 Å². The maximum atomic E-state index is 12.9. The molecule has 4 nitrogen and oxygen atoms in total. The average Bonchev–Trinajstić information content (AvgIpc) is 2.75. The fourth-order valence-corrected chi connectivity index (χ4v) is 4.35. The van der Waals surface area contributed by atoms with E-state index in [4.69, 9.17) is 0 Å². The van der Waals surface area contributed by atoms with Gasteiger partial charge >= 0.3 is 0 Å². The zero-order chi connectivity index (χ0) is 22.4. The topological polar surface area (TPSA) is 58.2 Å². The molecule has 0 fully saturated rings. The molecule has 0 saturated carbocycles. The van der Waals surface area contributed by atoms with Crippen LogP contribution in [-0.2, 0) is 4.79 Å². The Morgan fingerprint density at radius 3 is 2.23 bits per heavy atom. The summed E-state index contributed by atoms with van der Waals surface area (Å²) in [4.78, 5) is 26.4. The van der Waals surface area contributed by atoms with E-state index < -0.39 is 0 Å². The molecule has 0 radical (unpaired) electrons. The third kappa shape index (κ3) is 5.98. The summed E-state index contributed by atoms with van der Waals surface area (Å²) in [5, 5.41) is 5.81. The molecule has 1 atom stereocenters. The smallest absolute Gasteiger partial charge is 0.255 e. The van der Waals surface area contributed by atoms with Crippen LogP contribution in [0.1, 0.15) is 40.4 Å². The number of hydrogen-bond donors (Lipinski definition) is 2. The largest absolute Gasteiger partial charge is 0.325 e. The number of amides is 2. The van der Waals surface area contributed by atoms with Gasteiger partial charge in [0.05, 0.1) is 5.25 Å². The standard InChI is InChI=1S/C26H28N2O2S/c1-5-23(26(30)28-24-18(3)10-7-11-19(24)4)31-22-14-8-13-21(16-22)27-25(29)20-12-6-9-17(2)15-20/h6-16,23H,5H2,1-4H3,(H,27,29)(H,28,30). The Morgan fingerprint density at radius 2 is 1.55 bits per heavy atom. The maximum absolute atomic E-state index is 12.9. The van der Waals surface area contributed by atoms with Gasteiger partial charge in [-0.1, -0.05) is 48.9 Å². The summed E-state index contributed by atoms with van der Waals surface area (Å²) in [5.41, 5.74) is 5.35. The predicted molar refractivity (Wildman–Crippen MR) is 130 cm³/mol. The summed E-state index contributed by atoms with van der Waals surface area (Å²) in [6.45, 7) is 7.96. The lowest BCUT2D eigenvalue weighted by Gasteiger charge is -2.17. The van der Waals surface area contributed by atoms with E-state index in [1.807, 2.05) is 88.4 Å². The molecule has 5 heteroatoms. The maximum Gasteiger partial charge on any atom is 0.255 e. The molecule has 0 aliphatic heterocycles. The second kappa shape index (κ2) is 10.3. The van der Waals surface area contributed by atoms with E-state index in [0.717, 1.165) is 27.3 Å². The molecule has 3 rings (SSSR count). The Morgan fingerprint density at radius 1 is 0.871 bits per heavy atom. The number of carbonyl (C=O) groups is 2. The Kier molecular flexibility index (Phi) is 7.53. The lowest BCUT2D eigenvalue weighted by molar-refractivity contribution is -0.115. The number of benzene rings is 3. The summed E-state index contributed by atoms with van der Waals surface area (Å²) in [7, 11) is 0. The highest BCUT2D eigenvalue weighted by molar-refractivity contribution is 8.00. The molecule has 3 aromatic carbocycles. The Balaban J connectivity index is 1.69. The summed E-state index contributed by atoms with van der Waals surface area (Å²) in [5.74, 6) is -0.162. The SMILES string of the molecule is CCC(Sc1cccc(NC(=O)c2cccc(C)c2)c1)C(=O)Nc1c(C)cccc1C. The number of thioether (sulfide) groups is 1. The first-order valence-corrected chi connectivity index (χ1v) is 11.3. The number of hydrogen-bond acceptors (Lipinski definition) is 3. The van der Waals surface area contributed by atoms with Crippen LogP contribution in [0, 0.1) is 20.8 Å². The van der Waals surface area contributed by atoms with Crippen LogP contribution in [0.2, 0.25) is 0 Å². The van der Waals surface area contributed by atoms with Gasteiger partial charge in [0.25, 0.3) is 5.91 Å². The molecule has 31 heavy (non-hydrogen) atoms. The van der Waals surface area contributed by atoms with Crippen LogP contribution in [0.5, 0.6) is 0 Å². The third-order valence-electron chi connectivity index (χ3n) is 5.04. The third-order valence-corrected chi connectivity index (χ3v) is 6.40. The first-order valence-electron chi connectivity index (χ1n) is 10.4. The first kappa shape index (κ1) is 22.6. The van der Waals surface area contributed by atoms with E-state index in [2.05, 4.69) is 10.6 Å². The van der Waals surface area contributed by atoms with Crippen LogP contribution < -0.4 is 10.6 Å². The zero-order valence-corrected chi connectivity index (χ0v) is 19.2. The quantitative estimate of drug-likeness (QED) is 0.426. The highest BCUT2D eigenvalue weighted by Crippen LogP contribution is 2.29. The Hall–Kier alpha value is -3.05. The van der Waals surface area contributed by atoms with Crippen molar-refractivity contribution in [1.29, 1.82) is 0 Å². The van der Waals surface area contributed by atoms with Crippen molar-refractivity contribution in [2.24, 2.45) is 0 Å². The molecule has 0 aromatic heterocycles. The van der Waals surface area contributed by atoms with Crippen molar-refractivity contribution in [1.82, 2.24) is 0 Å². The van der Waals surface area contributed by atoms with Crippen molar-refractivity contribution in [2.75, 3.05) is 10.6 Å². The van der Waals surface area contributed by atoms with Crippen LogP contribution in [0.3, 0.4) is 0 Å². The molecule has 0 bridgehead atoms. The molecular weight excluding hydrogens is 404 g/mol. The second-order valence-electron chi connectivity index (χ2n) is 7.62. The van der Waals surface area contributed by atoms with Gasteiger partial charge in [-0.2, -0.15) is 0 Å². The second-order valence-corrected chi connectivity index (χ2v) is 8.90. The molecule has 0 heterocycles. The fourth-order valence-electron chi connectivity index (χ4n) is 3.34. The van der Waals surface area contributed by atoms with E-state index >= 15 is 0 Å². The normalized spacial score (nSPS) is 11.6. The average molecular weight is 433 g/mol. The summed E-state index contributed by atoms with van der Waals surface area (Å²) in [6.07, 6.45) is 0.696. The first-order chi connectivity index (χ1) is 14.9. The molecule has 0 aliphatic rings. The highest BCUT2D eigenvalue weighted by atomic mass is 32.2. The molecule has 0 spiro atoms. The van der Waals surface area contributed by atoms with Gasteiger partial charge in [0.2, 0.25) is 5.91 Å². The minimum Gasteiger partial charge on any atom is -0.325 e. The van der Waals surface area contributed by atoms with Crippen LogP contribution in [0.15, 0.2) is 71.6 Å². The number of nitrogens with one attached hydrogen (secondary N) is 2. The van der Waals surface area contributed by atoms with Crippen molar-refractivity contribution in [3.63, 3.8) is 0 Å². The molecule has 3 aromatic rings. The van der Waals surface area contributed by atoms with Gasteiger partial charge in [0.1, 0.15) is 0 Å². The molecule has 160 valence electrons. The Labute approximate surface area is 188 Å². The molecule has 2 N–H and O–H groups in total. The van der Waals surface area contributed by atoms with Crippen LogP contribution >= 0.6 is 11.8 Å². The predicted octanol–water partition coefficient (Wildman–Crippen LogP) is 6.37. The lowest BCUT2D eigenvalue weighted by Crippen LogP contribution is -2.25. The lowest BCUT2D eigenvalue weighted by atomic mass is 10.1. The van der Waals surface area contributed by atoms with Crippen molar-refractivity contribution in [3.8, 4) is 0 Å². The Bertz CT molecular complexity index is 1070. The van der Waals surface area contributed by atoms with Crippen molar-refractivity contribution >= 4 is 35.0 Å². The molecular formula is C26H28N2O2S. The van der Waals surface area contributed by atoms with E-state index in [1.165, 1.54) is 11.8 Å². The van der Waals surface area contributed by atoms with Gasteiger partial charge in [0, 0.05) is 21.8 Å². The highest BCUT2D eigenvalue weighted by Gasteiger charge is 2.19. The van der Waals surface area contributed by atoms with Crippen LogP contribution in [0.25, 0.3) is 0 Å². The van der Waals surface area contributed by atoms with Crippen molar-refractivity contribution < 1.29 is 9.59 Å². The number of aryl methyl sites for hydroxylation is 3. The molecule has 1 unspecified atom stereocenters. The van der Waals surface area contributed by atoms with Gasteiger partial charge in [-0.25, -0.2) is 0 Å². The number of para-hydroxylation sites is 1. The van der Waals surface area contributed by atoms with Crippen molar-refractivity contribution in [2.45, 2.75) is 44.3 Å². The number of anilines is 2. The van der Waals surface area contributed by atoms with Crippen molar-refractivity contribution in [3.05, 3.63) is 89.0 Å². The zero-order valence-electron chi connectivity index (χ0n) is 18.4. The van der Waals surface area contributed by atoms with E-state index in [-0.39, 0.29) is 17.1 Å². The van der Waals surface area contributed by atoms with Crippen LogP contribution in [-0.4, -0.2) is 17.1 Å². The number of rotatable bonds is 7. The minimum atomic E-state index is -0.235. The van der Waals surface area contributed by atoms with Gasteiger partial charge in [-0.3, -0.25) is 9.59 Å². The summed E-state index contributed by atoms with van der Waals surface area (Å²) >= 11 is 1.50. The van der Waals surface area contributed by atoms with E-state index in [9.17, 15) is 9.59 Å². The summed E-state index contributed by atoms with van der Waals surface area (Å²) in [6, 6.07) is 21.1.